The molecule has 0 N–H and O–H groups in total. The third-order valence-electron chi connectivity index (χ3n) is 3.84. The van der Waals surface area contributed by atoms with E-state index in [4.69, 9.17) is 0 Å². The summed E-state index contributed by atoms with van der Waals surface area (Å²) in [7, 11) is 0. The first-order valence-corrected chi connectivity index (χ1v) is 7.04. The zero-order chi connectivity index (χ0) is 11.8. The number of nitrogens with zero attached hydrogens (tertiary/aromatic N) is 3. The van der Waals surface area contributed by atoms with Crippen molar-refractivity contribution < 1.29 is 4.79 Å². The molecule has 1 aliphatic heterocycles. The smallest absolute Gasteiger partial charge is 0.226 e. The van der Waals surface area contributed by atoms with Crippen LogP contribution in [0.1, 0.15) is 31.4 Å². The van der Waals surface area contributed by atoms with Crippen LogP contribution in [0, 0.1) is 5.92 Å². The minimum absolute atomic E-state index is 0.281. The van der Waals surface area contributed by atoms with Crippen LogP contribution in [-0.4, -0.2) is 27.1 Å². The van der Waals surface area contributed by atoms with Gasteiger partial charge in [0.25, 0.3) is 0 Å². The summed E-state index contributed by atoms with van der Waals surface area (Å²) in [5.41, 5.74) is 1.13. The lowest BCUT2D eigenvalue weighted by Crippen LogP contribution is -2.41. The van der Waals surface area contributed by atoms with Gasteiger partial charge in [0.2, 0.25) is 5.91 Å². The summed E-state index contributed by atoms with van der Waals surface area (Å²) in [5, 5.41) is 4.28. The Balaban J connectivity index is 1.74. The number of fused-ring (bicyclic) bond motifs is 1. The van der Waals surface area contributed by atoms with Crippen molar-refractivity contribution >= 4 is 21.8 Å². The SMILES string of the molecule is O=C(C1CCCC1)N1CCn2ncc(Br)c2C1. The first kappa shape index (κ1) is 11.3. The largest absolute Gasteiger partial charge is 0.335 e. The molecular formula is C12H16BrN3O. The van der Waals surface area contributed by atoms with E-state index in [0.29, 0.717) is 12.5 Å². The number of halogens is 1. The van der Waals surface area contributed by atoms with E-state index in [1.807, 2.05) is 15.8 Å². The first-order chi connectivity index (χ1) is 8.25. The zero-order valence-electron chi connectivity index (χ0n) is 9.73. The molecule has 1 aromatic heterocycles. The van der Waals surface area contributed by atoms with Crippen LogP contribution in [0.4, 0.5) is 0 Å². The maximum atomic E-state index is 12.3. The van der Waals surface area contributed by atoms with Crippen LogP contribution in [0.2, 0.25) is 0 Å². The maximum absolute atomic E-state index is 12.3. The molecule has 0 saturated heterocycles. The van der Waals surface area contributed by atoms with Crippen LogP contribution in [0.3, 0.4) is 0 Å². The average molecular weight is 298 g/mol. The topological polar surface area (TPSA) is 38.1 Å². The molecule has 1 amide bonds. The lowest BCUT2D eigenvalue weighted by atomic mass is 10.1. The molecule has 1 aromatic rings. The van der Waals surface area contributed by atoms with E-state index in [-0.39, 0.29) is 5.92 Å². The van der Waals surface area contributed by atoms with E-state index in [1.165, 1.54) is 12.8 Å². The number of amides is 1. The predicted octanol–water partition coefficient (Wildman–Crippen LogP) is 2.18. The van der Waals surface area contributed by atoms with Crippen molar-refractivity contribution in [3.63, 3.8) is 0 Å². The van der Waals surface area contributed by atoms with E-state index in [1.54, 1.807) is 0 Å². The van der Waals surface area contributed by atoms with Gasteiger partial charge in [0.05, 0.1) is 29.5 Å². The standard InChI is InChI=1S/C12H16BrN3O/c13-10-7-14-16-6-5-15(8-11(10)16)12(17)9-3-1-2-4-9/h7,9H,1-6,8H2. The Morgan fingerprint density at radius 3 is 2.88 bits per heavy atom. The molecule has 4 nitrogen and oxygen atoms in total. The van der Waals surface area contributed by atoms with Gasteiger partial charge in [-0.2, -0.15) is 5.10 Å². The Morgan fingerprint density at radius 2 is 2.12 bits per heavy atom. The molecule has 2 heterocycles. The van der Waals surface area contributed by atoms with Crippen LogP contribution in [0.25, 0.3) is 0 Å². The molecule has 3 rings (SSSR count). The van der Waals surface area contributed by atoms with Crippen molar-refractivity contribution in [2.75, 3.05) is 6.54 Å². The van der Waals surface area contributed by atoms with E-state index >= 15 is 0 Å². The van der Waals surface area contributed by atoms with Crippen LogP contribution in [-0.2, 0) is 17.9 Å². The van der Waals surface area contributed by atoms with Crippen molar-refractivity contribution in [2.45, 2.75) is 38.8 Å². The molecule has 5 heteroatoms. The van der Waals surface area contributed by atoms with Gasteiger partial charge >= 0.3 is 0 Å². The molecule has 0 bridgehead atoms. The van der Waals surface area contributed by atoms with Gasteiger partial charge in [0.15, 0.2) is 0 Å². The zero-order valence-corrected chi connectivity index (χ0v) is 11.3. The number of aromatic nitrogens is 2. The van der Waals surface area contributed by atoms with Gasteiger partial charge in [0.1, 0.15) is 0 Å². The maximum Gasteiger partial charge on any atom is 0.226 e. The second kappa shape index (κ2) is 4.44. The highest BCUT2D eigenvalue weighted by Crippen LogP contribution is 2.29. The molecule has 2 aliphatic rings. The summed E-state index contributed by atoms with van der Waals surface area (Å²) in [5.74, 6) is 0.630. The Hall–Kier alpha value is -0.840. The van der Waals surface area contributed by atoms with Gasteiger partial charge in [-0.3, -0.25) is 9.48 Å². The quantitative estimate of drug-likeness (QED) is 0.797. The van der Waals surface area contributed by atoms with Crippen LogP contribution < -0.4 is 0 Å². The van der Waals surface area contributed by atoms with E-state index in [0.717, 1.165) is 36.1 Å². The first-order valence-electron chi connectivity index (χ1n) is 6.24. The molecule has 0 radical (unpaired) electrons. The fraction of sp³-hybridized carbons (Fsp3) is 0.667. The summed E-state index contributed by atoms with van der Waals surface area (Å²) >= 11 is 3.49. The number of rotatable bonds is 1. The Kier molecular flexibility index (Phi) is 2.94. The fourth-order valence-electron chi connectivity index (χ4n) is 2.83. The van der Waals surface area contributed by atoms with Crippen LogP contribution in [0.15, 0.2) is 10.7 Å². The van der Waals surface area contributed by atoms with E-state index < -0.39 is 0 Å². The van der Waals surface area contributed by atoms with Gasteiger partial charge in [-0.1, -0.05) is 12.8 Å². The fourth-order valence-corrected chi connectivity index (χ4v) is 3.25. The highest BCUT2D eigenvalue weighted by atomic mass is 79.9. The lowest BCUT2D eigenvalue weighted by Gasteiger charge is -2.30. The summed E-state index contributed by atoms with van der Waals surface area (Å²) in [4.78, 5) is 14.3. The predicted molar refractivity (Wildman–Crippen MR) is 67.3 cm³/mol. The summed E-state index contributed by atoms with van der Waals surface area (Å²) in [6, 6.07) is 0. The van der Waals surface area contributed by atoms with Gasteiger partial charge in [-0.05, 0) is 28.8 Å². The number of hydrogen-bond acceptors (Lipinski definition) is 2. The molecule has 17 heavy (non-hydrogen) atoms. The Morgan fingerprint density at radius 1 is 1.35 bits per heavy atom. The number of carbonyl (C=O) groups is 1. The molecule has 0 spiro atoms. The van der Waals surface area contributed by atoms with E-state index in [2.05, 4.69) is 21.0 Å². The Labute approximate surface area is 109 Å². The number of hydrogen-bond donors (Lipinski definition) is 0. The molecule has 92 valence electrons. The van der Waals surface area contributed by atoms with Gasteiger partial charge in [-0.15, -0.1) is 0 Å². The summed E-state index contributed by atoms with van der Waals surface area (Å²) < 4.78 is 3.00. The number of carbonyl (C=O) groups excluding carboxylic acids is 1. The Bertz CT molecular complexity index is 437. The molecule has 1 fully saturated rings. The van der Waals surface area contributed by atoms with Crippen molar-refractivity contribution in [2.24, 2.45) is 5.92 Å². The van der Waals surface area contributed by atoms with Crippen LogP contribution in [0.5, 0.6) is 0 Å². The third kappa shape index (κ3) is 2.01. The second-order valence-corrected chi connectivity index (χ2v) is 5.76. The van der Waals surface area contributed by atoms with E-state index in [9.17, 15) is 4.79 Å². The lowest BCUT2D eigenvalue weighted by molar-refractivity contribution is -0.136. The van der Waals surface area contributed by atoms with Crippen molar-refractivity contribution in [3.8, 4) is 0 Å². The van der Waals surface area contributed by atoms with Crippen molar-refractivity contribution in [1.29, 1.82) is 0 Å². The molecule has 0 aromatic carbocycles. The monoisotopic (exact) mass is 297 g/mol. The van der Waals surface area contributed by atoms with Gasteiger partial charge in [-0.25, -0.2) is 0 Å². The summed E-state index contributed by atoms with van der Waals surface area (Å²) in [6.45, 7) is 2.33. The van der Waals surface area contributed by atoms with Gasteiger partial charge < -0.3 is 4.90 Å². The van der Waals surface area contributed by atoms with Crippen molar-refractivity contribution in [1.82, 2.24) is 14.7 Å². The highest BCUT2D eigenvalue weighted by molar-refractivity contribution is 9.10. The average Bonchev–Trinajstić information content (AvgIpc) is 2.98. The molecule has 0 unspecified atom stereocenters. The van der Waals surface area contributed by atoms with Crippen molar-refractivity contribution in [3.05, 3.63) is 16.4 Å². The third-order valence-corrected chi connectivity index (χ3v) is 4.50. The minimum atomic E-state index is 0.281. The molecule has 0 atom stereocenters. The van der Waals surface area contributed by atoms with Gasteiger partial charge in [0, 0.05) is 12.5 Å². The highest BCUT2D eigenvalue weighted by Gasteiger charge is 2.30. The second-order valence-electron chi connectivity index (χ2n) is 4.90. The minimum Gasteiger partial charge on any atom is -0.335 e. The van der Waals surface area contributed by atoms with Crippen LogP contribution >= 0.6 is 15.9 Å². The normalized spacial score (nSPS) is 20.6. The summed E-state index contributed by atoms with van der Waals surface area (Å²) in [6.07, 6.45) is 6.40. The molecular weight excluding hydrogens is 282 g/mol. The molecule has 1 aliphatic carbocycles. The molecule has 1 saturated carbocycles.